The van der Waals surface area contributed by atoms with Crippen molar-refractivity contribution in [2.45, 2.75) is 32.3 Å². The zero-order valence-electron chi connectivity index (χ0n) is 7.00. The minimum Gasteiger partial charge on any atom is -0.382 e. The van der Waals surface area contributed by atoms with Crippen molar-refractivity contribution in [1.82, 2.24) is 5.43 Å². The molecule has 2 N–H and O–H groups in total. The highest BCUT2D eigenvalue weighted by Crippen LogP contribution is 2.46. The van der Waals surface area contributed by atoms with E-state index in [1.807, 2.05) is 6.92 Å². The first-order chi connectivity index (χ1) is 5.67. The summed E-state index contributed by atoms with van der Waals surface area (Å²) in [5.74, 6) is -0.361. The van der Waals surface area contributed by atoms with Crippen molar-refractivity contribution < 1.29 is 9.90 Å². The fourth-order valence-corrected chi connectivity index (χ4v) is 1.95. The molecule has 1 aliphatic carbocycles. The van der Waals surface area contributed by atoms with Crippen LogP contribution in [0.3, 0.4) is 0 Å². The number of nitrogens with one attached hydrogen (secondary N) is 1. The van der Waals surface area contributed by atoms with Gasteiger partial charge >= 0.3 is 0 Å². The first kappa shape index (κ1) is 7.73. The lowest BCUT2D eigenvalue weighted by molar-refractivity contribution is -0.138. The van der Waals surface area contributed by atoms with Crippen molar-refractivity contribution in [1.29, 1.82) is 0 Å². The molecule has 0 unspecified atom stereocenters. The number of carbonyl (C=O) groups excluding carboxylic acids is 1. The van der Waals surface area contributed by atoms with Crippen molar-refractivity contribution in [3.8, 4) is 0 Å². The number of aliphatic hydroxyl groups is 1. The Bertz CT molecular complexity index is 256. The van der Waals surface area contributed by atoms with Crippen molar-refractivity contribution in [2.75, 3.05) is 0 Å². The van der Waals surface area contributed by atoms with Gasteiger partial charge in [-0.3, -0.25) is 4.79 Å². The van der Waals surface area contributed by atoms with E-state index in [0.717, 1.165) is 25.0 Å². The molecule has 0 saturated heterocycles. The molecule has 0 radical (unpaired) electrons. The molecular formula is C8H12N2O2. The fourth-order valence-electron chi connectivity index (χ4n) is 1.95. The summed E-state index contributed by atoms with van der Waals surface area (Å²) >= 11 is 0. The Morgan fingerprint density at radius 3 is 2.75 bits per heavy atom. The molecule has 4 heteroatoms. The van der Waals surface area contributed by atoms with Crippen LogP contribution < -0.4 is 5.43 Å². The second-order valence-corrected chi connectivity index (χ2v) is 3.59. The van der Waals surface area contributed by atoms with Crippen LogP contribution in [0.15, 0.2) is 5.10 Å². The second kappa shape index (κ2) is 2.29. The summed E-state index contributed by atoms with van der Waals surface area (Å²) in [5, 5.41) is 13.5. The molecule has 0 aromatic rings. The Kier molecular flexibility index (Phi) is 1.48. The Hall–Kier alpha value is -0.900. The Morgan fingerprint density at radius 1 is 1.67 bits per heavy atom. The standard InChI is InChI=1S/C8H12N2O2/c1-5-8(3-2-4-8)6(11)7(12)10-9-5/h6,11H,2-4H2,1H3,(H,10,12)/t6-/m0/s1. The molecule has 66 valence electrons. The van der Waals surface area contributed by atoms with E-state index in [4.69, 9.17) is 0 Å². The first-order valence-electron chi connectivity index (χ1n) is 4.19. The van der Waals surface area contributed by atoms with E-state index in [0.29, 0.717) is 0 Å². The summed E-state index contributed by atoms with van der Waals surface area (Å²) in [5.41, 5.74) is 2.85. The first-order valence-corrected chi connectivity index (χ1v) is 4.19. The van der Waals surface area contributed by atoms with E-state index in [-0.39, 0.29) is 11.3 Å². The number of hydrogen-bond donors (Lipinski definition) is 2. The van der Waals surface area contributed by atoms with Gasteiger partial charge < -0.3 is 5.11 Å². The van der Waals surface area contributed by atoms with Crippen LogP contribution >= 0.6 is 0 Å². The molecule has 1 atom stereocenters. The van der Waals surface area contributed by atoms with E-state index in [1.54, 1.807) is 0 Å². The third kappa shape index (κ3) is 0.756. The smallest absolute Gasteiger partial charge is 0.269 e. The van der Waals surface area contributed by atoms with Crippen LogP contribution in [0.2, 0.25) is 0 Å². The molecule has 1 spiro atoms. The second-order valence-electron chi connectivity index (χ2n) is 3.59. The van der Waals surface area contributed by atoms with Crippen molar-refractivity contribution in [2.24, 2.45) is 10.5 Å². The van der Waals surface area contributed by atoms with Gasteiger partial charge in [-0.1, -0.05) is 6.42 Å². The molecule has 0 aromatic heterocycles. The van der Waals surface area contributed by atoms with Crippen molar-refractivity contribution in [3.05, 3.63) is 0 Å². The van der Waals surface area contributed by atoms with Gasteiger partial charge in [-0.05, 0) is 19.8 Å². The van der Waals surface area contributed by atoms with Crippen molar-refractivity contribution in [3.63, 3.8) is 0 Å². The lowest BCUT2D eigenvalue weighted by Gasteiger charge is -2.46. The topological polar surface area (TPSA) is 61.7 Å². The lowest BCUT2D eigenvalue weighted by Crippen LogP contribution is -2.57. The third-order valence-electron chi connectivity index (χ3n) is 3.07. The lowest BCUT2D eigenvalue weighted by atomic mass is 9.62. The molecule has 1 fully saturated rings. The monoisotopic (exact) mass is 168 g/mol. The Balaban J connectivity index is 2.34. The van der Waals surface area contributed by atoms with E-state index >= 15 is 0 Å². The summed E-state index contributed by atoms with van der Waals surface area (Å²) in [7, 11) is 0. The SMILES string of the molecule is CC1=NNC(=O)[C@H](O)C12CCC2. The number of rotatable bonds is 0. The quantitative estimate of drug-likeness (QED) is 0.535. The molecule has 2 rings (SSSR count). The van der Waals surface area contributed by atoms with Gasteiger partial charge in [0, 0.05) is 11.1 Å². The average molecular weight is 168 g/mol. The van der Waals surface area contributed by atoms with Crippen LogP contribution in [0.1, 0.15) is 26.2 Å². The molecule has 1 heterocycles. The maximum Gasteiger partial charge on any atom is 0.269 e. The predicted molar refractivity (Wildman–Crippen MR) is 43.5 cm³/mol. The Morgan fingerprint density at radius 2 is 2.33 bits per heavy atom. The molecule has 12 heavy (non-hydrogen) atoms. The zero-order valence-corrected chi connectivity index (χ0v) is 7.00. The van der Waals surface area contributed by atoms with Crippen LogP contribution in [-0.2, 0) is 4.79 Å². The molecular weight excluding hydrogens is 156 g/mol. The third-order valence-corrected chi connectivity index (χ3v) is 3.07. The predicted octanol–water partition coefficient (Wildman–Crippen LogP) is 0.0233. The van der Waals surface area contributed by atoms with Gasteiger partial charge in [0.05, 0.1) is 0 Å². The van der Waals surface area contributed by atoms with E-state index in [1.165, 1.54) is 0 Å². The number of hydrogen-bond acceptors (Lipinski definition) is 3. The summed E-state index contributed by atoms with van der Waals surface area (Å²) in [6, 6.07) is 0. The number of aliphatic hydroxyl groups excluding tert-OH is 1. The van der Waals surface area contributed by atoms with E-state index in [2.05, 4.69) is 10.5 Å². The summed E-state index contributed by atoms with van der Waals surface area (Å²) in [6.45, 7) is 1.86. The van der Waals surface area contributed by atoms with Gasteiger partial charge in [0.25, 0.3) is 5.91 Å². The highest BCUT2D eigenvalue weighted by Gasteiger charge is 2.51. The zero-order chi connectivity index (χ0) is 8.77. The van der Waals surface area contributed by atoms with Gasteiger partial charge in [-0.25, -0.2) is 5.43 Å². The van der Waals surface area contributed by atoms with Crippen LogP contribution in [-0.4, -0.2) is 22.8 Å². The highest BCUT2D eigenvalue weighted by atomic mass is 16.3. The van der Waals surface area contributed by atoms with Crippen LogP contribution in [0.5, 0.6) is 0 Å². The molecule has 0 bridgehead atoms. The summed E-state index contributed by atoms with van der Waals surface area (Å²) in [6.07, 6.45) is 1.97. The number of carbonyl (C=O) groups is 1. The Labute approximate surface area is 70.7 Å². The van der Waals surface area contributed by atoms with Crippen LogP contribution in [0, 0.1) is 5.41 Å². The van der Waals surface area contributed by atoms with Gasteiger partial charge in [0.1, 0.15) is 6.10 Å². The molecule has 1 saturated carbocycles. The van der Waals surface area contributed by atoms with E-state index < -0.39 is 6.10 Å². The molecule has 2 aliphatic rings. The number of amides is 1. The minimum absolute atomic E-state index is 0.317. The van der Waals surface area contributed by atoms with Crippen molar-refractivity contribution >= 4 is 11.6 Å². The molecule has 0 aromatic carbocycles. The van der Waals surface area contributed by atoms with Gasteiger partial charge in [-0.15, -0.1) is 0 Å². The molecule has 1 aliphatic heterocycles. The molecule has 1 amide bonds. The molecule has 4 nitrogen and oxygen atoms in total. The van der Waals surface area contributed by atoms with Crippen LogP contribution in [0.25, 0.3) is 0 Å². The largest absolute Gasteiger partial charge is 0.382 e. The van der Waals surface area contributed by atoms with Gasteiger partial charge in [-0.2, -0.15) is 5.10 Å². The van der Waals surface area contributed by atoms with Crippen LogP contribution in [0.4, 0.5) is 0 Å². The van der Waals surface area contributed by atoms with E-state index in [9.17, 15) is 9.90 Å². The maximum absolute atomic E-state index is 11.1. The minimum atomic E-state index is -0.885. The fraction of sp³-hybridized carbons (Fsp3) is 0.750. The number of hydrazone groups is 1. The summed E-state index contributed by atoms with van der Waals surface area (Å²) in [4.78, 5) is 11.1. The average Bonchev–Trinajstić information content (AvgIpc) is 1.95. The van der Waals surface area contributed by atoms with Gasteiger partial charge in [0.15, 0.2) is 0 Å². The highest BCUT2D eigenvalue weighted by molar-refractivity contribution is 5.99. The maximum atomic E-state index is 11.1. The normalized spacial score (nSPS) is 32.3. The van der Waals surface area contributed by atoms with Gasteiger partial charge in [0.2, 0.25) is 0 Å². The number of nitrogens with zero attached hydrogens (tertiary/aromatic N) is 1. The summed E-state index contributed by atoms with van der Waals surface area (Å²) < 4.78 is 0.